The number of anilines is 1. The second-order valence-electron chi connectivity index (χ2n) is 7.75. The lowest BCUT2D eigenvalue weighted by Gasteiger charge is -2.34. The van der Waals surface area contributed by atoms with Crippen LogP contribution in [0.4, 0.5) is 5.13 Å². The SMILES string of the molecule is CC[C@H]1CCCCN1S(=O)(=O)c1ccc(C(=O)Nc2nc3c(s2)CCCC3)cc1. The summed E-state index contributed by atoms with van der Waals surface area (Å²) in [6.07, 6.45) is 8.03. The first-order valence-corrected chi connectivity index (χ1v) is 12.7. The van der Waals surface area contributed by atoms with Crippen LogP contribution in [0.15, 0.2) is 29.2 Å². The maximum absolute atomic E-state index is 13.1. The number of carbonyl (C=O) groups excluding carboxylic acids is 1. The third kappa shape index (κ3) is 4.25. The zero-order valence-corrected chi connectivity index (χ0v) is 18.3. The Hall–Kier alpha value is -1.77. The third-order valence-electron chi connectivity index (χ3n) is 5.83. The van der Waals surface area contributed by atoms with Gasteiger partial charge in [-0.3, -0.25) is 10.1 Å². The number of nitrogens with one attached hydrogen (secondary N) is 1. The van der Waals surface area contributed by atoms with Gasteiger partial charge in [0.05, 0.1) is 10.6 Å². The summed E-state index contributed by atoms with van der Waals surface area (Å²) in [5.74, 6) is -0.260. The van der Waals surface area contributed by atoms with E-state index in [2.05, 4.69) is 10.3 Å². The van der Waals surface area contributed by atoms with Crippen LogP contribution in [0.1, 0.15) is 66.4 Å². The molecule has 2 heterocycles. The molecule has 1 aromatic carbocycles. The van der Waals surface area contributed by atoms with Crippen LogP contribution >= 0.6 is 11.3 Å². The van der Waals surface area contributed by atoms with Crippen molar-refractivity contribution in [3.8, 4) is 0 Å². The Morgan fingerprint density at radius 1 is 1.17 bits per heavy atom. The molecule has 0 unspecified atom stereocenters. The minimum Gasteiger partial charge on any atom is -0.298 e. The number of aryl methyl sites for hydroxylation is 2. The second kappa shape index (κ2) is 8.53. The first-order valence-electron chi connectivity index (χ1n) is 10.4. The normalized spacial score (nSPS) is 20.2. The highest BCUT2D eigenvalue weighted by atomic mass is 32.2. The van der Waals surface area contributed by atoms with Gasteiger partial charge in [0.25, 0.3) is 5.91 Å². The number of carbonyl (C=O) groups is 1. The standard InChI is InChI=1S/C21H27N3O3S2/c1-2-16-7-5-6-14-24(16)29(26,27)17-12-10-15(11-13-17)20(25)23-21-22-18-8-3-4-9-19(18)28-21/h10-13,16H,2-9,14H2,1H3,(H,22,23,25)/t16-/m0/s1. The Balaban J connectivity index is 1.48. The van der Waals surface area contributed by atoms with Crippen molar-refractivity contribution >= 4 is 32.4 Å². The van der Waals surface area contributed by atoms with Gasteiger partial charge in [-0.15, -0.1) is 11.3 Å². The summed E-state index contributed by atoms with van der Waals surface area (Å²) in [6.45, 7) is 2.60. The summed E-state index contributed by atoms with van der Waals surface area (Å²) in [6, 6.07) is 6.31. The van der Waals surface area contributed by atoms with Crippen molar-refractivity contribution in [1.29, 1.82) is 0 Å². The van der Waals surface area contributed by atoms with Gasteiger partial charge in [-0.2, -0.15) is 4.31 Å². The van der Waals surface area contributed by atoms with Crippen molar-refractivity contribution in [2.45, 2.75) is 69.2 Å². The van der Waals surface area contributed by atoms with Gasteiger partial charge in [-0.1, -0.05) is 13.3 Å². The number of fused-ring (bicyclic) bond motifs is 1. The molecule has 6 nitrogen and oxygen atoms in total. The number of amides is 1. The van der Waals surface area contributed by atoms with Gasteiger partial charge < -0.3 is 0 Å². The van der Waals surface area contributed by atoms with Crippen LogP contribution in [0.3, 0.4) is 0 Å². The number of piperidine rings is 1. The van der Waals surface area contributed by atoms with Crippen LogP contribution in [0, 0.1) is 0 Å². The summed E-state index contributed by atoms with van der Waals surface area (Å²) in [5.41, 5.74) is 1.54. The summed E-state index contributed by atoms with van der Waals surface area (Å²) in [7, 11) is -3.54. The molecule has 4 rings (SSSR count). The van der Waals surface area contributed by atoms with Gasteiger partial charge in [0.2, 0.25) is 10.0 Å². The summed E-state index contributed by atoms with van der Waals surface area (Å²) in [5, 5.41) is 3.48. The van der Waals surface area contributed by atoms with E-state index in [9.17, 15) is 13.2 Å². The molecule has 1 aliphatic heterocycles. The minimum absolute atomic E-state index is 0.0626. The number of sulfonamides is 1. The molecule has 1 fully saturated rings. The molecule has 2 aliphatic rings. The molecule has 0 bridgehead atoms. The largest absolute Gasteiger partial charge is 0.298 e. The van der Waals surface area contributed by atoms with Crippen LogP contribution in [-0.2, 0) is 22.9 Å². The van der Waals surface area contributed by atoms with E-state index in [0.29, 0.717) is 17.2 Å². The van der Waals surface area contributed by atoms with Crippen molar-refractivity contribution in [3.63, 3.8) is 0 Å². The molecule has 0 radical (unpaired) electrons. The topological polar surface area (TPSA) is 79.4 Å². The Morgan fingerprint density at radius 3 is 2.66 bits per heavy atom. The fourth-order valence-corrected chi connectivity index (χ4v) is 7.00. The fraction of sp³-hybridized carbons (Fsp3) is 0.524. The number of hydrogen-bond acceptors (Lipinski definition) is 5. The van der Waals surface area contributed by atoms with Crippen LogP contribution in [0.5, 0.6) is 0 Å². The molecular weight excluding hydrogens is 406 g/mol. The molecule has 1 atom stereocenters. The highest BCUT2D eigenvalue weighted by Crippen LogP contribution is 2.30. The second-order valence-corrected chi connectivity index (χ2v) is 10.7. The van der Waals surface area contributed by atoms with Gasteiger partial charge in [0.1, 0.15) is 0 Å². The molecule has 29 heavy (non-hydrogen) atoms. The number of hydrogen-bond donors (Lipinski definition) is 1. The van der Waals surface area contributed by atoms with E-state index < -0.39 is 10.0 Å². The monoisotopic (exact) mass is 433 g/mol. The fourth-order valence-electron chi connectivity index (χ4n) is 4.19. The molecule has 1 N–H and O–H groups in total. The van der Waals surface area contributed by atoms with Gasteiger partial charge >= 0.3 is 0 Å². The highest BCUT2D eigenvalue weighted by Gasteiger charge is 2.32. The van der Waals surface area contributed by atoms with Gasteiger partial charge in [-0.25, -0.2) is 13.4 Å². The molecule has 1 saturated heterocycles. The van der Waals surface area contributed by atoms with E-state index in [1.165, 1.54) is 11.3 Å². The maximum Gasteiger partial charge on any atom is 0.257 e. The van der Waals surface area contributed by atoms with E-state index in [4.69, 9.17) is 0 Å². The molecule has 2 aromatic rings. The van der Waals surface area contributed by atoms with E-state index in [-0.39, 0.29) is 16.8 Å². The zero-order valence-electron chi connectivity index (χ0n) is 16.7. The lowest BCUT2D eigenvalue weighted by Crippen LogP contribution is -2.43. The molecule has 8 heteroatoms. The molecule has 0 saturated carbocycles. The first-order chi connectivity index (χ1) is 14.0. The van der Waals surface area contributed by atoms with Crippen LogP contribution in [0.25, 0.3) is 0 Å². The molecule has 0 spiro atoms. The Morgan fingerprint density at radius 2 is 1.93 bits per heavy atom. The molecule has 1 aliphatic carbocycles. The van der Waals surface area contributed by atoms with Crippen LogP contribution in [0.2, 0.25) is 0 Å². The van der Waals surface area contributed by atoms with Crippen molar-refractivity contribution in [2.24, 2.45) is 0 Å². The van der Waals surface area contributed by atoms with E-state index in [1.807, 2.05) is 6.92 Å². The van der Waals surface area contributed by atoms with E-state index in [0.717, 1.165) is 50.6 Å². The average Bonchev–Trinajstić information content (AvgIpc) is 3.16. The predicted octanol–water partition coefficient (Wildman–Crippen LogP) is 4.23. The lowest BCUT2D eigenvalue weighted by molar-refractivity contribution is 0.102. The van der Waals surface area contributed by atoms with Crippen LogP contribution in [-0.4, -0.2) is 36.2 Å². The zero-order chi connectivity index (χ0) is 20.4. The lowest BCUT2D eigenvalue weighted by atomic mass is 10.0. The maximum atomic E-state index is 13.1. The number of aromatic nitrogens is 1. The van der Waals surface area contributed by atoms with E-state index in [1.54, 1.807) is 39.9 Å². The summed E-state index contributed by atoms with van der Waals surface area (Å²) < 4.78 is 27.7. The quantitative estimate of drug-likeness (QED) is 0.765. The number of rotatable bonds is 5. The Labute approximate surface area is 176 Å². The first kappa shape index (κ1) is 20.5. The molecular formula is C21H27N3O3S2. The van der Waals surface area contributed by atoms with Crippen molar-refractivity contribution in [2.75, 3.05) is 11.9 Å². The van der Waals surface area contributed by atoms with Gasteiger partial charge in [0, 0.05) is 23.0 Å². The van der Waals surface area contributed by atoms with Crippen LogP contribution < -0.4 is 5.32 Å². The predicted molar refractivity (Wildman–Crippen MR) is 115 cm³/mol. The van der Waals surface area contributed by atoms with Crippen molar-refractivity contribution in [1.82, 2.24) is 9.29 Å². The summed E-state index contributed by atoms with van der Waals surface area (Å²) in [4.78, 5) is 18.6. The van der Waals surface area contributed by atoms with Crippen molar-refractivity contribution < 1.29 is 13.2 Å². The molecule has 1 amide bonds. The van der Waals surface area contributed by atoms with E-state index >= 15 is 0 Å². The van der Waals surface area contributed by atoms with Gasteiger partial charge in [0.15, 0.2) is 5.13 Å². The number of benzene rings is 1. The Bertz CT molecular complexity index is 960. The molecule has 156 valence electrons. The Kier molecular flexibility index (Phi) is 6.03. The molecule has 1 aromatic heterocycles. The third-order valence-corrected chi connectivity index (χ3v) is 8.87. The smallest absolute Gasteiger partial charge is 0.257 e. The van der Waals surface area contributed by atoms with Crippen molar-refractivity contribution in [3.05, 3.63) is 40.4 Å². The summed E-state index contributed by atoms with van der Waals surface area (Å²) >= 11 is 1.54. The average molecular weight is 434 g/mol. The highest BCUT2D eigenvalue weighted by molar-refractivity contribution is 7.89. The minimum atomic E-state index is -3.54. The number of nitrogens with zero attached hydrogens (tertiary/aromatic N) is 2. The van der Waals surface area contributed by atoms with Gasteiger partial charge in [-0.05, 0) is 69.2 Å². The number of thiazole rings is 1.